The molecule has 0 aliphatic rings. The van der Waals surface area contributed by atoms with Gasteiger partial charge in [0, 0.05) is 25.0 Å². The molecule has 0 spiro atoms. The molecule has 0 saturated carbocycles. The number of nitrogens with one attached hydrogen (secondary N) is 4. The van der Waals surface area contributed by atoms with Gasteiger partial charge in [-0.15, -0.1) is 0 Å². The molecule has 5 nitrogen and oxygen atoms in total. The summed E-state index contributed by atoms with van der Waals surface area (Å²) < 4.78 is 0. The van der Waals surface area contributed by atoms with Gasteiger partial charge in [-0.05, 0) is 35.9 Å². The summed E-state index contributed by atoms with van der Waals surface area (Å²) in [5.41, 5.74) is 4.71. The van der Waals surface area contributed by atoms with Crippen molar-refractivity contribution in [2.45, 2.75) is 6.54 Å². The van der Waals surface area contributed by atoms with Crippen LogP contribution in [0.15, 0.2) is 47.3 Å². The normalized spacial score (nSPS) is 10.7. The number of hydrogen-bond acceptors (Lipinski definition) is 3. The van der Waals surface area contributed by atoms with E-state index in [2.05, 4.69) is 32.7 Å². The van der Waals surface area contributed by atoms with Gasteiger partial charge in [-0.2, -0.15) is 0 Å². The summed E-state index contributed by atoms with van der Waals surface area (Å²) in [6.07, 6.45) is 0. The van der Waals surface area contributed by atoms with E-state index in [0.29, 0.717) is 0 Å². The van der Waals surface area contributed by atoms with Gasteiger partial charge < -0.3 is 20.6 Å². The third-order valence-corrected chi connectivity index (χ3v) is 3.23. The van der Waals surface area contributed by atoms with E-state index >= 15 is 0 Å². The fraction of sp³-hybridized carbons (Fsp3) is 0.133. The summed E-state index contributed by atoms with van der Waals surface area (Å²) in [6.45, 7) is 0.732. The van der Waals surface area contributed by atoms with Crippen molar-refractivity contribution in [1.82, 2.24) is 9.97 Å². The minimum Gasteiger partial charge on any atom is -0.388 e. The molecule has 4 N–H and O–H groups in total. The quantitative estimate of drug-likeness (QED) is 0.587. The number of rotatable bonds is 4. The maximum atomic E-state index is 11.2. The van der Waals surface area contributed by atoms with E-state index in [9.17, 15) is 4.79 Å². The standard InChI is InChI=1S/C15H16N4O/c1-16-11-4-2-3-10(7-11)9-17-12-5-6-13-14(8-12)19-15(20)18-13/h2-8,16-17H,9H2,1H3,(H2,18,19,20). The van der Waals surface area contributed by atoms with Crippen LogP contribution in [0.3, 0.4) is 0 Å². The topological polar surface area (TPSA) is 72.7 Å². The van der Waals surface area contributed by atoms with Crippen molar-refractivity contribution in [3.63, 3.8) is 0 Å². The molecule has 0 aliphatic carbocycles. The second-order valence-corrected chi connectivity index (χ2v) is 4.64. The molecule has 0 aliphatic heterocycles. The molecule has 0 atom stereocenters. The van der Waals surface area contributed by atoms with Crippen molar-refractivity contribution in [2.24, 2.45) is 0 Å². The highest BCUT2D eigenvalue weighted by atomic mass is 16.1. The van der Waals surface area contributed by atoms with Crippen LogP contribution in [0, 0.1) is 0 Å². The van der Waals surface area contributed by atoms with Crippen LogP contribution in [0.4, 0.5) is 11.4 Å². The zero-order valence-corrected chi connectivity index (χ0v) is 11.2. The molecular formula is C15H16N4O. The molecule has 0 unspecified atom stereocenters. The lowest BCUT2D eigenvalue weighted by Crippen LogP contribution is -2.00. The molecule has 0 fully saturated rings. The van der Waals surface area contributed by atoms with Gasteiger partial charge in [0.2, 0.25) is 0 Å². The van der Waals surface area contributed by atoms with E-state index in [1.165, 1.54) is 5.56 Å². The number of anilines is 2. The van der Waals surface area contributed by atoms with Gasteiger partial charge >= 0.3 is 5.69 Å². The van der Waals surface area contributed by atoms with Crippen LogP contribution in [-0.2, 0) is 6.54 Å². The van der Waals surface area contributed by atoms with E-state index < -0.39 is 0 Å². The van der Waals surface area contributed by atoms with Gasteiger partial charge in [0.1, 0.15) is 0 Å². The summed E-state index contributed by atoms with van der Waals surface area (Å²) in [5, 5.41) is 6.47. The molecule has 1 aromatic heterocycles. The van der Waals surface area contributed by atoms with E-state index in [1.54, 1.807) is 0 Å². The SMILES string of the molecule is CNc1cccc(CNc2ccc3[nH]c(=O)[nH]c3c2)c1. The van der Waals surface area contributed by atoms with E-state index in [1.807, 2.05) is 37.4 Å². The first-order valence-electron chi connectivity index (χ1n) is 6.47. The number of hydrogen-bond donors (Lipinski definition) is 4. The van der Waals surface area contributed by atoms with Crippen LogP contribution in [0.2, 0.25) is 0 Å². The van der Waals surface area contributed by atoms with Crippen LogP contribution in [0.5, 0.6) is 0 Å². The summed E-state index contributed by atoms with van der Waals surface area (Å²) in [7, 11) is 1.91. The Labute approximate surface area is 116 Å². The van der Waals surface area contributed by atoms with Crippen LogP contribution >= 0.6 is 0 Å². The first kappa shape index (κ1) is 12.3. The summed E-state index contributed by atoms with van der Waals surface area (Å²) >= 11 is 0. The largest absolute Gasteiger partial charge is 0.388 e. The fourth-order valence-corrected chi connectivity index (χ4v) is 2.18. The fourth-order valence-electron chi connectivity index (χ4n) is 2.18. The average molecular weight is 268 g/mol. The third-order valence-electron chi connectivity index (χ3n) is 3.23. The number of imidazole rings is 1. The van der Waals surface area contributed by atoms with Gasteiger partial charge in [-0.3, -0.25) is 0 Å². The molecule has 0 bridgehead atoms. The van der Waals surface area contributed by atoms with E-state index in [0.717, 1.165) is 29.0 Å². The van der Waals surface area contributed by atoms with Crippen LogP contribution < -0.4 is 16.3 Å². The van der Waals surface area contributed by atoms with Crippen LogP contribution in [0.25, 0.3) is 11.0 Å². The second-order valence-electron chi connectivity index (χ2n) is 4.64. The Balaban J connectivity index is 1.77. The number of fused-ring (bicyclic) bond motifs is 1. The van der Waals surface area contributed by atoms with E-state index in [4.69, 9.17) is 0 Å². The highest BCUT2D eigenvalue weighted by molar-refractivity contribution is 5.78. The molecule has 3 rings (SSSR count). The molecule has 102 valence electrons. The molecule has 5 heteroatoms. The molecule has 0 radical (unpaired) electrons. The number of benzene rings is 2. The van der Waals surface area contributed by atoms with Crippen molar-refractivity contribution in [1.29, 1.82) is 0 Å². The highest BCUT2D eigenvalue weighted by Gasteiger charge is 2.00. The predicted octanol–water partition coefficient (Wildman–Crippen LogP) is 2.51. The molecular weight excluding hydrogens is 252 g/mol. The predicted molar refractivity (Wildman–Crippen MR) is 82.2 cm³/mol. The summed E-state index contributed by atoms with van der Waals surface area (Å²) in [5.74, 6) is 0. The lowest BCUT2D eigenvalue weighted by atomic mass is 10.2. The van der Waals surface area contributed by atoms with Crippen molar-refractivity contribution in [2.75, 3.05) is 17.7 Å². The minimum absolute atomic E-state index is 0.182. The first-order chi connectivity index (χ1) is 9.74. The molecule has 20 heavy (non-hydrogen) atoms. The van der Waals surface area contributed by atoms with Gasteiger partial charge in [0.25, 0.3) is 0 Å². The van der Waals surface area contributed by atoms with Crippen molar-refractivity contribution in [3.8, 4) is 0 Å². The minimum atomic E-state index is -0.182. The van der Waals surface area contributed by atoms with Crippen molar-refractivity contribution < 1.29 is 0 Å². The Morgan fingerprint density at radius 1 is 1.00 bits per heavy atom. The Morgan fingerprint density at radius 2 is 1.85 bits per heavy atom. The molecule has 0 saturated heterocycles. The Hall–Kier alpha value is -2.69. The third kappa shape index (κ3) is 2.51. The van der Waals surface area contributed by atoms with Gasteiger partial charge in [0.05, 0.1) is 11.0 Å². The Kier molecular flexibility index (Phi) is 3.16. The van der Waals surface area contributed by atoms with Gasteiger partial charge in [-0.25, -0.2) is 4.79 Å². The lowest BCUT2D eigenvalue weighted by Gasteiger charge is -2.08. The zero-order valence-electron chi connectivity index (χ0n) is 11.2. The maximum Gasteiger partial charge on any atom is 0.323 e. The average Bonchev–Trinajstić information content (AvgIpc) is 2.84. The number of aromatic nitrogens is 2. The Bertz CT molecular complexity index is 788. The zero-order chi connectivity index (χ0) is 13.9. The van der Waals surface area contributed by atoms with Crippen molar-refractivity contribution >= 4 is 22.4 Å². The Morgan fingerprint density at radius 3 is 2.70 bits per heavy atom. The monoisotopic (exact) mass is 268 g/mol. The van der Waals surface area contributed by atoms with Crippen LogP contribution in [0.1, 0.15) is 5.56 Å². The molecule has 2 aromatic carbocycles. The summed E-state index contributed by atoms with van der Waals surface area (Å²) in [6, 6.07) is 14.0. The van der Waals surface area contributed by atoms with E-state index in [-0.39, 0.29) is 5.69 Å². The number of H-pyrrole nitrogens is 2. The number of aromatic amines is 2. The maximum absolute atomic E-state index is 11.2. The lowest BCUT2D eigenvalue weighted by molar-refractivity contribution is 1.15. The summed E-state index contributed by atoms with van der Waals surface area (Å²) in [4.78, 5) is 16.7. The highest BCUT2D eigenvalue weighted by Crippen LogP contribution is 2.16. The van der Waals surface area contributed by atoms with Crippen molar-refractivity contribution in [3.05, 3.63) is 58.5 Å². The molecule has 1 heterocycles. The second kappa shape index (κ2) is 5.13. The smallest absolute Gasteiger partial charge is 0.323 e. The van der Waals surface area contributed by atoms with Gasteiger partial charge in [-0.1, -0.05) is 12.1 Å². The van der Waals surface area contributed by atoms with Gasteiger partial charge in [0.15, 0.2) is 0 Å². The van der Waals surface area contributed by atoms with Crippen LogP contribution in [-0.4, -0.2) is 17.0 Å². The molecule has 3 aromatic rings. The molecule has 0 amide bonds. The first-order valence-corrected chi connectivity index (χ1v) is 6.47.